The summed E-state index contributed by atoms with van der Waals surface area (Å²) in [4.78, 5) is 2.17. The predicted molar refractivity (Wildman–Crippen MR) is 63.6 cm³/mol. The lowest BCUT2D eigenvalue weighted by Gasteiger charge is -2.21. The molecule has 2 aromatic heterocycles. The van der Waals surface area contributed by atoms with Gasteiger partial charge in [0.25, 0.3) is 0 Å². The number of nitrogens with zero attached hydrogens (tertiary/aromatic N) is 4. The quantitative estimate of drug-likeness (QED) is 0.883. The van der Waals surface area contributed by atoms with Gasteiger partial charge in [-0.1, -0.05) is 0 Å². The van der Waals surface area contributed by atoms with Crippen molar-refractivity contribution in [2.75, 3.05) is 19.7 Å². The third-order valence-corrected chi connectivity index (χ3v) is 3.44. The van der Waals surface area contributed by atoms with Gasteiger partial charge in [-0.15, -0.1) is 10.2 Å². The molecule has 1 atom stereocenters. The number of β-amino-alcohol motifs (C(OH)–C–C–N with tert-alkyl or cyclic N) is 1. The predicted octanol–water partition coefficient (Wildman–Crippen LogP) is 0.998. The van der Waals surface area contributed by atoms with Gasteiger partial charge in [-0.25, -0.2) is 4.39 Å². The maximum atomic E-state index is 13.3. The molecule has 3 rings (SSSR count). The molecule has 0 unspecified atom stereocenters. The molecule has 0 saturated carbocycles. The molecule has 0 radical (unpaired) electrons. The number of aliphatic hydroxyl groups is 1. The van der Waals surface area contributed by atoms with Gasteiger partial charge in [-0.05, 0) is 31.5 Å². The molecule has 5 nitrogen and oxygen atoms in total. The first-order valence-corrected chi connectivity index (χ1v) is 6.14. The van der Waals surface area contributed by atoms with Gasteiger partial charge in [0.05, 0.1) is 12.6 Å². The highest BCUT2D eigenvalue weighted by atomic mass is 19.1. The molecule has 1 N–H and O–H groups in total. The standard InChI is InChI=1S/C12H15FN4O/c13-9-3-4-11-14-15-12(17(11)8-9)10-2-1-5-16(10)6-7-18/h3-4,8,10,18H,1-2,5-7H2/t10-/m0/s1. The molecule has 6 heteroatoms. The summed E-state index contributed by atoms with van der Waals surface area (Å²) in [5, 5.41) is 17.3. The molecule has 3 heterocycles. The van der Waals surface area contributed by atoms with Crippen LogP contribution < -0.4 is 0 Å². The summed E-state index contributed by atoms with van der Waals surface area (Å²) in [6.45, 7) is 1.69. The average Bonchev–Trinajstić information content (AvgIpc) is 2.95. The van der Waals surface area contributed by atoms with Crippen LogP contribution in [0, 0.1) is 5.82 Å². The minimum Gasteiger partial charge on any atom is -0.395 e. The Morgan fingerprint density at radius 1 is 1.39 bits per heavy atom. The summed E-state index contributed by atoms with van der Waals surface area (Å²) in [7, 11) is 0. The number of halogens is 1. The zero-order chi connectivity index (χ0) is 12.5. The van der Waals surface area contributed by atoms with Gasteiger partial charge in [-0.2, -0.15) is 0 Å². The topological polar surface area (TPSA) is 53.7 Å². The number of fused-ring (bicyclic) bond motifs is 1. The summed E-state index contributed by atoms with van der Waals surface area (Å²) in [6.07, 6.45) is 3.45. The number of aromatic nitrogens is 3. The smallest absolute Gasteiger partial charge is 0.160 e. The van der Waals surface area contributed by atoms with E-state index in [1.165, 1.54) is 12.3 Å². The fourth-order valence-electron chi connectivity index (χ4n) is 2.62. The van der Waals surface area contributed by atoms with Crippen LogP contribution in [-0.4, -0.2) is 44.3 Å². The van der Waals surface area contributed by atoms with Gasteiger partial charge >= 0.3 is 0 Å². The Kier molecular flexibility index (Phi) is 2.97. The van der Waals surface area contributed by atoms with Crippen LogP contribution in [0.4, 0.5) is 4.39 Å². The second-order valence-corrected chi connectivity index (χ2v) is 4.55. The maximum absolute atomic E-state index is 13.3. The molecule has 0 aliphatic carbocycles. The van der Waals surface area contributed by atoms with Crippen LogP contribution >= 0.6 is 0 Å². The van der Waals surface area contributed by atoms with Crippen molar-refractivity contribution >= 4 is 5.65 Å². The average molecular weight is 250 g/mol. The fraction of sp³-hybridized carbons (Fsp3) is 0.500. The highest BCUT2D eigenvalue weighted by molar-refractivity contribution is 5.38. The Balaban J connectivity index is 2.00. The minimum absolute atomic E-state index is 0.119. The summed E-state index contributed by atoms with van der Waals surface area (Å²) < 4.78 is 15.0. The molecular weight excluding hydrogens is 235 g/mol. The van der Waals surface area contributed by atoms with Crippen molar-refractivity contribution in [1.82, 2.24) is 19.5 Å². The van der Waals surface area contributed by atoms with Crippen LogP contribution in [0.25, 0.3) is 5.65 Å². The zero-order valence-electron chi connectivity index (χ0n) is 9.96. The first-order chi connectivity index (χ1) is 8.79. The molecule has 0 spiro atoms. The molecule has 2 aromatic rings. The normalized spacial score (nSPS) is 20.9. The van der Waals surface area contributed by atoms with Crippen LogP contribution in [0.5, 0.6) is 0 Å². The van der Waals surface area contributed by atoms with Crippen molar-refractivity contribution in [1.29, 1.82) is 0 Å². The largest absolute Gasteiger partial charge is 0.395 e. The number of pyridine rings is 1. The van der Waals surface area contributed by atoms with Crippen molar-refractivity contribution in [3.8, 4) is 0 Å². The number of hydrogen-bond donors (Lipinski definition) is 1. The van der Waals surface area contributed by atoms with Crippen LogP contribution in [-0.2, 0) is 0 Å². The van der Waals surface area contributed by atoms with E-state index in [1.807, 2.05) is 0 Å². The van der Waals surface area contributed by atoms with E-state index in [1.54, 1.807) is 10.5 Å². The van der Waals surface area contributed by atoms with Crippen molar-refractivity contribution in [2.24, 2.45) is 0 Å². The van der Waals surface area contributed by atoms with Crippen LogP contribution in [0.15, 0.2) is 18.3 Å². The first kappa shape index (κ1) is 11.6. The van der Waals surface area contributed by atoms with E-state index in [-0.39, 0.29) is 18.5 Å². The minimum atomic E-state index is -0.296. The second kappa shape index (κ2) is 4.62. The van der Waals surface area contributed by atoms with Crippen LogP contribution in [0.3, 0.4) is 0 Å². The Hall–Kier alpha value is -1.53. The van der Waals surface area contributed by atoms with E-state index in [2.05, 4.69) is 15.1 Å². The zero-order valence-corrected chi connectivity index (χ0v) is 9.96. The summed E-state index contributed by atoms with van der Waals surface area (Å²) >= 11 is 0. The number of hydrogen-bond acceptors (Lipinski definition) is 4. The molecule has 1 aliphatic rings. The van der Waals surface area contributed by atoms with Gasteiger partial charge in [0, 0.05) is 12.7 Å². The number of rotatable bonds is 3. The molecule has 96 valence electrons. The van der Waals surface area contributed by atoms with E-state index in [4.69, 9.17) is 5.11 Å². The van der Waals surface area contributed by atoms with E-state index in [0.717, 1.165) is 25.2 Å². The number of likely N-dealkylation sites (tertiary alicyclic amines) is 1. The highest BCUT2D eigenvalue weighted by Crippen LogP contribution is 2.30. The van der Waals surface area contributed by atoms with Crippen molar-refractivity contribution in [2.45, 2.75) is 18.9 Å². The van der Waals surface area contributed by atoms with Gasteiger partial charge in [-0.3, -0.25) is 9.30 Å². The Morgan fingerprint density at radius 2 is 2.28 bits per heavy atom. The molecule has 1 fully saturated rings. The monoisotopic (exact) mass is 250 g/mol. The van der Waals surface area contributed by atoms with Gasteiger partial charge in [0.1, 0.15) is 5.82 Å². The van der Waals surface area contributed by atoms with E-state index in [0.29, 0.717) is 12.2 Å². The third-order valence-electron chi connectivity index (χ3n) is 3.44. The molecule has 18 heavy (non-hydrogen) atoms. The SMILES string of the molecule is OCCN1CCC[C@H]1c1nnc2ccc(F)cn12. The van der Waals surface area contributed by atoms with Crippen molar-refractivity contribution in [3.05, 3.63) is 30.0 Å². The molecule has 1 aliphatic heterocycles. The summed E-state index contributed by atoms with van der Waals surface area (Å²) in [5.41, 5.74) is 0.655. The fourth-order valence-corrected chi connectivity index (χ4v) is 2.62. The van der Waals surface area contributed by atoms with E-state index < -0.39 is 0 Å². The Morgan fingerprint density at radius 3 is 3.11 bits per heavy atom. The lowest BCUT2D eigenvalue weighted by molar-refractivity contribution is 0.181. The second-order valence-electron chi connectivity index (χ2n) is 4.55. The molecule has 1 saturated heterocycles. The molecule has 0 aromatic carbocycles. The lowest BCUT2D eigenvalue weighted by Crippen LogP contribution is -2.27. The van der Waals surface area contributed by atoms with Gasteiger partial charge in [0.15, 0.2) is 11.5 Å². The first-order valence-electron chi connectivity index (χ1n) is 6.14. The molecular formula is C12H15FN4O. The van der Waals surface area contributed by atoms with Crippen molar-refractivity contribution in [3.63, 3.8) is 0 Å². The molecule has 0 amide bonds. The Bertz CT molecular complexity index is 556. The maximum Gasteiger partial charge on any atom is 0.160 e. The lowest BCUT2D eigenvalue weighted by atomic mass is 10.2. The van der Waals surface area contributed by atoms with E-state index in [9.17, 15) is 4.39 Å². The summed E-state index contributed by atoms with van der Waals surface area (Å²) in [6, 6.07) is 3.12. The van der Waals surface area contributed by atoms with Gasteiger partial charge < -0.3 is 5.11 Å². The van der Waals surface area contributed by atoms with Crippen LogP contribution in [0.2, 0.25) is 0 Å². The summed E-state index contributed by atoms with van der Waals surface area (Å²) in [5.74, 6) is 0.464. The third kappa shape index (κ3) is 1.87. The molecule has 0 bridgehead atoms. The van der Waals surface area contributed by atoms with Crippen molar-refractivity contribution < 1.29 is 9.50 Å². The van der Waals surface area contributed by atoms with E-state index >= 15 is 0 Å². The van der Waals surface area contributed by atoms with Crippen LogP contribution in [0.1, 0.15) is 24.7 Å². The van der Waals surface area contributed by atoms with Gasteiger partial charge in [0.2, 0.25) is 0 Å². The Labute approximate surface area is 104 Å². The highest BCUT2D eigenvalue weighted by Gasteiger charge is 2.29. The number of aliphatic hydroxyl groups excluding tert-OH is 1.